The monoisotopic (exact) mass is 226 g/mol. The number of rotatable bonds is 3. The van der Waals surface area contributed by atoms with Gasteiger partial charge in [-0.15, -0.1) is 11.3 Å². The largest absolute Gasteiger partial charge is 0.481 e. The molecule has 0 fully saturated rings. The summed E-state index contributed by atoms with van der Waals surface area (Å²) in [6.07, 6.45) is 3.00. The van der Waals surface area contributed by atoms with Gasteiger partial charge in [0.15, 0.2) is 0 Å². The van der Waals surface area contributed by atoms with Crippen molar-refractivity contribution >= 4 is 17.3 Å². The SMILES string of the molecule is CC1(c2csc(CC(=O)O)c2)OC=CO1. The first-order chi connectivity index (χ1) is 7.10. The molecular formula is C10H10O4S. The van der Waals surface area contributed by atoms with Crippen LogP contribution in [0.2, 0.25) is 0 Å². The summed E-state index contributed by atoms with van der Waals surface area (Å²) in [6, 6.07) is 1.80. The number of hydrogen-bond donors (Lipinski definition) is 1. The maximum Gasteiger partial charge on any atom is 0.308 e. The Balaban J connectivity index is 2.16. The fourth-order valence-electron chi connectivity index (χ4n) is 1.34. The van der Waals surface area contributed by atoms with E-state index in [1.54, 1.807) is 13.0 Å². The number of ether oxygens (including phenoxy) is 2. The minimum Gasteiger partial charge on any atom is -0.481 e. The highest BCUT2D eigenvalue weighted by Crippen LogP contribution is 2.34. The predicted molar refractivity (Wildman–Crippen MR) is 54.3 cm³/mol. The van der Waals surface area contributed by atoms with Crippen LogP contribution >= 0.6 is 11.3 Å². The number of aliphatic carboxylic acids is 1. The first kappa shape index (κ1) is 10.0. The van der Waals surface area contributed by atoms with Crippen molar-refractivity contribution in [1.82, 2.24) is 0 Å². The lowest BCUT2D eigenvalue weighted by molar-refractivity contribution is -0.136. The molecule has 0 aliphatic carbocycles. The molecule has 15 heavy (non-hydrogen) atoms. The molecule has 2 heterocycles. The minimum atomic E-state index is -0.833. The van der Waals surface area contributed by atoms with Gasteiger partial charge in [-0.3, -0.25) is 4.79 Å². The van der Waals surface area contributed by atoms with Crippen LogP contribution in [-0.2, 0) is 26.5 Å². The summed E-state index contributed by atoms with van der Waals surface area (Å²) in [7, 11) is 0. The standard InChI is InChI=1S/C10H10O4S/c1-10(13-2-3-14-10)7-4-8(15-6-7)5-9(11)12/h2-4,6H,5H2,1H3,(H,11,12). The lowest BCUT2D eigenvalue weighted by Crippen LogP contribution is -2.21. The van der Waals surface area contributed by atoms with E-state index in [4.69, 9.17) is 14.6 Å². The van der Waals surface area contributed by atoms with Crippen LogP contribution in [0.3, 0.4) is 0 Å². The van der Waals surface area contributed by atoms with Crippen molar-refractivity contribution in [3.8, 4) is 0 Å². The summed E-state index contributed by atoms with van der Waals surface area (Å²) in [4.78, 5) is 11.3. The van der Waals surface area contributed by atoms with Crippen LogP contribution in [0.5, 0.6) is 0 Å². The molecule has 5 heteroatoms. The molecule has 1 N–H and O–H groups in total. The number of hydrogen-bond acceptors (Lipinski definition) is 4. The molecule has 0 spiro atoms. The molecule has 0 radical (unpaired) electrons. The highest BCUT2D eigenvalue weighted by atomic mass is 32.1. The van der Waals surface area contributed by atoms with Gasteiger partial charge in [0.2, 0.25) is 0 Å². The van der Waals surface area contributed by atoms with E-state index in [9.17, 15) is 4.79 Å². The van der Waals surface area contributed by atoms with Crippen LogP contribution in [0.1, 0.15) is 17.4 Å². The Bertz CT molecular complexity index is 399. The molecule has 0 saturated carbocycles. The van der Waals surface area contributed by atoms with E-state index in [1.165, 1.54) is 23.9 Å². The second kappa shape index (κ2) is 3.58. The molecular weight excluding hydrogens is 216 g/mol. The van der Waals surface area contributed by atoms with Gasteiger partial charge in [-0.1, -0.05) is 0 Å². The van der Waals surface area contributed by atoms with E-state index in [1.807, 2.05) is 5.38 Å². The molecule has 0 amide bonds. The Morgan fingerprint density at radius 1 is 1.53 bits per heavy atom. The Hall–Kier alpha value is -1.49. The van der Waals surface area contributed by atoms with E-state index in [-0.39, 0.29) is 6.42 Å². The molecule has 0 atom stereocenters. The smallest absolute Gasteiger partial charge is 0.308 e. The summed E-state index contributed by atoms with van der Waals surface area (Å²) in [5, 5.41) is 10.5. The Morgan fingerprint density at radius 2 is 2.20 bits per heavy atom. The molecule has 2 rings (SSSR count). The third-order valence-electron chi connectivity index (χ3n) is 2.15. The van der Waals surface area contributed by atoms with Crippen LogP contribution in [0.25, 0.3) is 0 Å². The third-order valence-corrected chi connectivity index (χ3v) is 3.08. The molecule has 1 aliphatic heterocycles. The van der Waals surface area contributed by atoms with Crippen molar-refractivity contribution in [3.63, 3.8) is 0 Å². The van der Waals surface area contributed by atoms with E-state index in [2.05, 4.69) is 0 Å². The Kier molecular flexibility index (Phi) is 2.40. The second-order valence-electron chi connectivity index (χ2n) is 3.33. The third kappa shape index (κ3) is 1.97. The first-order valence-electron chi connectivity index (χ1n) is 4.40. The maximum absolute atomic E-state index is 10.5. The minimum absolute atomic E-state index is 0.0359. The summed E-state index contributed by atoms with van der Waals surface area (Å²) < 4.78 is 10.6. The van der Waals surface area contributed by atoms with E-state index < -0.39 is 11.8 Å². The van der Waals surface area contributed by atoms with Gasteiger partial charge in [0.1, 0.15) is 12.5 Å². The van der Waals surface area contributed by atoms with E-state index in [0.717, 1.165) is 10.4 Å². The first-order valence-corrected chi connectivity index (χ1v) is 5.28. The molecule has 0 saturated heterocycles. The number of carboxylic acid groups (broad SMARTS) is 1. The summed E-state index contributed by atoms with van der Waals surface area (Å²) >= 11 is 1.39. The Morgan fingerprint density at radius 3 is 2.80 bits per heavy atom. The lowest BCUT2D eigenvalue weighted by Gasteiger charge is -2.21. The van der Waals surface area contributed by atoms with Gasteiger partial charge < -0.3 is 14.6 Å². The molecule has 1 aromatic rings. The van der Waals surface area contributed by atoms with Gasteiger partial charge in [0.25, 0.3) is 5.79 Å². The van der Waals surface area contributed by atoms with Gasteiger partial charge in [-0.25, -0.2) is 0 Å². The van der Waals surface area contributed by atoms with Crippen molar-refractivity contribution in [2.24, 2.45) is 0 Å². The second-order valence-corrected chi connectivity index (χ2v) is 4.32. The van der Waals surface area contributed by atoms with Crippen LogP contribution in [0.15, 0.2) is 24.0 Å². The number of carbonyl (C=O) groups is 1. The maximum atomic E-state index is 10.5. The zero-order valence-corrected chi connectivity index (χ0v) is 8.91. The molecule has 0 bridgehead atoms. The van der Waals surface area contributed by atoms with Gasteiger partial charge in [-0.2, -0.15) is 0 Å². The van der Waals surface area contributed by atoms with Gasteiger partial charge in [0, 0.05) is 22.7 Å². The zero-order valence-electron chi connectivity index (χ0n) is 8.10. The summed E-state index contributed by atoms with van der Waals surface area (Å²) in [5.74, 6) is -1.63. The fourth-order valence-corrected chi connectivity index (χ4v) is 2.30. The molecule has 1 aromatic heterocycles. The zero-order chi connectivity index (χ0) is 10.9. The molecule has 80 valence electrons. The van der Waals surface area contributed by atoms with Crippen LogP contribution < -0.4 is 0 Å². The van der Waals surface area contributed by atoms with E-state index >= 15 is 0 Å². The average molecular weight is 226 g/mol. The van der Waals surface area contributed by atoms with Crippen molar-refractivity contribution in [2.45, 2.75) is 19.1 Å². The molecule has 1 aliphatic rings. The van der Waals surface area contributed by atoms with Crippen molar-refractivity contribution < 1.29 is 19.4 Å². The molecule has 0 unspecified atom stereocenters. The van der Waals surface area contributed by atoms with Crippen LogP contribution in [0.4, 0.5) is 0 Å². The fraction of sp³-hybridized carbons (Fsp3) is 0.300. The van der Waals surface area contributed by atoms with Gasteiger partial charge in [0.05, 0.1) is 6.42 Å². The number of carboxylic acids is 1. The lowest BCUT2D eigenvalue weighted by atomic mass is 10.1. The summed E-state index contributed by atoms with van der Waals surface area (Å²) in [5.41, 5.74) is 0.841. The Labute approximate surface area is 90.7 Å². The van der Waals surface area contributed by atoms with Crippen LogP contribution in [-0.4, -0.2) is 11.1 Å². The molecule has 4 nitrogen and oxygen atoms in total. The quantitative estimate of drug-likeness (QED) is 0.857. The highest BCUT2D eigenvalue weighted by molar-refractivity contribution is 7.10. The van der Waals surface area contributed by atoms with Gasteiger partial charge >= 0.3 is 5.97 Å². The summed E-state index contributed by atoms with van der Waals surface area (Å²) in [6.45, 7) is 1.79. The number of thiophene rings is 1. The van der Waals surface area contributed by atoms with Gasteiger partial charge in [-0.05, 0) is 6.07 Å². The highest BCUT2D eigenvalue weighted by Gasteiger charge is 2.33. The van der Waals surface area contributed by atoms with Crippen molar-refractivity contribution in [3.05, 3.63) is 34.4 Å². The van der Waals surface area contributed by atoms with Crippen LogP contribution in [0, 0.1) is 0 Å². The average Bonchev–Trinajstić information content (AvgIpc) is 2.74. The van der Waals surface area contributed by atoms with Crippen molar-refractivity contribution in [1.29, 1.82) is 0 Å². The topological polar surface area (TPSA) is 55.8 Å². The normalized spacial score (nSPS) is 17.1. The van der Waals surface area contributed by atoms with Crippen molar-refractivity contribution in [2.75, 3.05) is 0 Å². The molecule has 0 aromatic carbocycles. The predicted octanol–water partition coefficient (Wildman–Crippen LogP) is 2.07. The van der Waals surface area contributed by atoms with E-state index in [0.29, 0.717) is 0 Å².